The smallest absolute Gasteiger partial charge is 0.242 e. The quantitative estimate of drug-likeness (QED) is 0.563. The van der Waals surface area contributed by atoms with Crippen molar-refractivity contribution in [2.45, 2.75) is 55.3 Å². The van der Waals surface area contributed by atoms with Crippen LogP contribution in [0.1, 0.15) is 37.7 Å². The van der Waals surface area contributed by atoms with Gasteiger partial charge in [-0.15, -0.1) is 0 Å². The first-order valence-electron chi connectivity index (χ1n) is 10.7. The third-order valence-electron chi connectivity index (χ3n) is 6.21. The van der Waals surface area contributed by atoms with Gasteiger partial charge in [0, 0.05) is 35.8 Å². The molecule has 0 atom stereocenters. The number of hydrogen-bond donors (Lipinski definition) is 0. The first kappa shape index (κ1) is 21.6. The molecule has 7 heteroatoms. The van der Waals surface area contributed by atoms with Gasteiger partial charge >= 0.3 is 0 Å². The number of rotatable bonds is 6. The number of carbonyl (C=O) groups excluding carboxylic acids is 1. The van der Waals surface area contributed by atoms with Gasteiger partial charge in [-0.05, 0) is 25.0 Å². The Morgan fingerprint density at radius 2 is 1.74 bits per heavy atom. The molecule has 4 rings (SSSR count). The molecule has 1 saturated carbocycles. The van der Waals surface area contributed by atoms with Crippen LogP contribution in [0, 0.1) is 5.82 Å². The first-order valence-corrected chi connectivity index (χ1v) is 12.3. The van der Waals surface area contributed by atoms with E-state index in [4.69, 9.17) is 0 Å². The molecule has 3 aromatic rings. The molecule has 0 unspecified atom stereocenters. The molecular weight excluding hydrogens is 415 g/mol. The number of fused-ring (bicyclic) bond motifs is 1. The number of aromatic nitrogens is 1. The Labute approximate surface area is 182 Å². The van der Waals surface area contributed by atoms with Gasteiger partial charge in [0.1, 0.15) is 12.4 Å². The number of halogens is 1. The number of benzene rings is 2. The summed E-state index contributed by atoms with van der Waals surface area (Å²) in [6.07, 6.45) is 7.02. The van der Waals surface area contributed by atoms with E-state index in [1.807, 2.05) is 19.2 Å². The van der Waals surface area contributed by atoms with Crippen molar-refractivity contribution in [3.8, 4) is 0 Å². The molecule has 0 saturated heterocycles. The van der Waals surface area contributed by atoms with E-state index in [0.29, 0.717) is 10.9 Å². The third-order valence-corrected chi connectivity index (χ3v) is 7.90. The van der Waals surface area contributed by atoms with Gasteiger partial charge in [0.15, 0.2) is 9.84 Å². The van der Waals surface area contributed by atoms with Crippen molar-refractivity contribution in [2.24, 2.45) is 0 Å². The minimum atomic E-state index is -3.80. The molecule has 1 aromatic heterocycles. The van der Waals surface area contributed by atoms with Gasteiger partial charge in [-0.25, -0.2) is 12.8 Å². The maximum atomic E-state index is 14.1. The van der Waals surface area contributed by atoms with Crippen LogP contribution in [0.15, 0.2) is 59.6 Å². The molecule has 1 aliphatic carbocycles. The van der Waals surface area contributed by atoms with Crippen molar-refractivity contribution in [3.63, 3.8) is 0 Å². The zero-order chi connectivity index (χ0) is 22.0. The molecule has 1 heterocycles. The lowest BCUT2D eigenvalue weighted by atomic mass is 9.94. The van der Waals surface area contributed by atoms with Gasteiger partial charge in [0.05, 0.1) is 10.6 Å². The van der Waals surface area contributed by atoms with Crippen LogP contribution in [0.4, 0.5) is 4.39 Å². The fraction of sp³-hybridized carbons (Fsp3) is 0.375. The molecule has 0 radical (unpaired) electrons. The monoisotopic (exact) mass is 442 g/mol. The number of para-hydroxylation sites is 1. The van der Waals surface area contributed by atoms with E-state index in [-0.39, 0.29) is 29.0 Å². The predicted octanol–water partition coefficient (Wildman–Crippen LogP) is 4.55. The SMILES string of the molecule is CN(C(=O)Cn1cc(S(=O)(=O)Cc2ccccc2F)c2ccccc21)C1CCCCC1. The number of amides is 1. The van der Waals surface area contributed by atoms with Crippen LogP contribution in [0.25, 0.3) is 10.9 Å². The molecule has 1 amide bonds. The summed E-state index contributed by atoms with van der Waals surface area (Å²) >= 11 is 0. The van der Waals surface area contributed by atoms with Gasteiger partial charge in [-0.1, -0.05) is 55.7 Å². The molecule has 31 heavy (non-hydrogen) atoms. The van der Waals surface area contributed by atoms with E-state index in [1.165, 1.54) is 30.8 Å². The zero-order valence-electron chi connectivity index (χ0n) is 17.6. The number of carbonyl (C=O) groups is 1. The van der Waals surface area contributed by atoms with E-state index < -0.39 is 21.4 Å². The average Bonchev–Trinajstić information content (AvgIpc) is 3.15. The normalized spacial score (nSPS) is 15.3. The fourth-order valence-electron chi connectivity index (χ4n) is 4.42. The maximum absolute atomic E-state index is 14.1. The Morgan fingerprint density at radius 1 is 1.06 bits per heavy atom. The summed E-state index contributed by atoms with van der Waals surface area (Å²) in [5.74, 6) is -1.01. The second-order valence-electron chi connectivity index (χ2n) is 8.29. The van der Waals surface area contributed by atoms with Crippen LogP contribution in [0.3, 0.4) is 0 Å². The average molecular weight is 443 g/mol. The van der Waals surface area contributed by atoms with Crippen molar-refractivity contribution in [2.75, 3.05) is 7.05 Å². The molecule has 0 spiro atoms. The maximum Gasteiger partial charge on any atom is 0.242 e. The number of likely N-dealkylation sites (N-methyl/N-ethyl adjacent to an activating group) is 1. The van der Waals surface area contributed by atoms with Gasteiger partial charge in [0.25, 0.3) is 0 Å². The second-order valence-corrected chi connectivity index (χ2v) is 10.2. The molecule has 0 aliphatic heterocycles. The first-order chi connectivity index (χ1) is 14.9. The topological polar surface area (TPSA) is 59.4 Å². The van der Waals surface area contributed by atoms with Gasteiger partial charge < -0.3 is 9.47 Å². The highest BCUT2D eigenvalue weighted by Gasteiger charge is 2.26. The minimum Gasteiger partial charge on any atom is -0.341 e. The standard InChI is InChI=1S/C24H27FN2O3S/c1-26(19-10-3-2-4-11-19)24(28)16-27-15-23(20-12-6-8-14-22(20)27)31(29,30)17-18-9-5-7-13-21(18)25/h5-9,12-15,19H,2-4,10-11,16-17H2,1H3. The van der Waals surface area contributed by atoms with Crippen molar-refractivity contribution in [3.05, 3.63) is 66.1 Å². The van der Waals surface area contributed by atoms with E-state index in [2.05, 4.69) is 0 Å². The molecule has 164 valence electrons. The molecule has 5 nitrogen and oxygen atoms in total. The summed E-state index contributed by atoms with van der Waals surface area (Å²) < 4.78 is 42.1. The van der Waals surface area contributed by atoms with Crippen LogP contribution in [0.2, 0.25) is 0 Å². The van der Waals surface area contributed by atoms with E-state index in [1.54, 1.807) is 27.7 Å². The lowest BCUT2D eigenvalue weighted by Crippen LogP contribution is -2.40. The molecule has 2 aromatic carbocycles. The highest BCUT2D eigenvalue weighted by Crippen LogP contribution is 2.29. The molecule has 1 aliphatic rings. The zero-order valence-corrected chi connectivity index (χ0v) is 18.4. The van der Waals surface area contributed by atoms with Crippen molar-refractivity contribution >= 4 is 26.6 Å². The van der Waals surface area contributed by atoms with Crippen LogP contribution in [-0.2, 0) is 26.9 Å². The van der Waals surface area contributed by atoms with Crippen LogP contribution >= 0.6 is 0 Å². The summed E-state index contributed by atoms with van der Waals surface area (Å²) in [4.78, 5) is 14.9. The Morgan fingerprint density at radius 3 is 2.48 bits per heavy atom. The van der Waals surface area contributed by atoms with Crippen molar-refractivity contribution in [1.82, 2.24) is 9.47 Å². The van der Waals surface area contributed by atoms with Crippen LogP contribution in [-0.4, -0.2) is 36.9 Å². The van der Waals surface area contributed by atoms with E-state index >= 15 is 0 Å². The van der Waals surface area contributed by atoms with E-state index in [0.717, 1.165) is 25.7 Å². The molecule has 0 bridgehead atoms. The Hall–Kier alpha value is -2.67. The summed E-state index contributed by atoms with van der Waals surface area (Å²) in [6, 6.07) is 13.3. The Balaban J connectivity index is 1.64. The Kier molecular flexibility index (Phi) is 6.14. The summed E-state index contributed by atoms with van der Waals surface area (Å²) in [7, 11) is -1.97. The highest BCUT2D eigenvalue weighted by atomic mass is 32.2. The van der Waals surface area contributed by atoms with Gasteiger partial charge in [-0.3, -0.25) is 4.79 Å². The molecule has 1 fully saturated rings. The lowest BCUT2D eigenvalue weighted by molar-refractivity contribution is -0.133. The predicted molar refractivity (Wildman–Crippen MR) is 119 cm³/mol. The van der Waals surface area contributed by atoms with Crippen molar-refractivity contribution in [1.29, 1.82) is 0 Å². The minimum absolute atomic E-state index is 0.0364. The number of sulfone groups is 1. The largest absolute Gasteiger partial charge is 0.341 e. The van der Waals surface area contributed by atoms with Crippen LogP contribution in [0.5, 0.6) is 0 Å². The summed E-state index contributed by atoms with van der Waals surface area (Å²) in [5.41, 5.74) is 0.812. The number of hydrogen-bond acceptors (Lipinski definition) is 3. The lowest BCUT2D eigenvalue weighted by Gasteiger charge is -2.31. The summed E-state index contributed by atoms with van der Waals surface area (Å²) in [5, 5.41) is 0.548. The Bertz CT molecular complexity index is 1200. The molecular formula is C24H27FN2O3S. The second kappa shape index (κ2) is 8.83. The molecule has 0 N–H and O–H groups in total. The van der Waals surface area contributed by atoms with Gasteiger partial charge in [0.2, 0.25) is 5.91 Å². The highest BCUT2D eigenvalue weighted by molar-refractivity contribution is 7.90. The fourth-order valence-corrected chi connectivity index (χ4v) is 6.01. The van der Waals surface area contributed by atoms with Crippen molar-refractivity contribution < 1.29 is 17.6 Å². The van der Waals surface area contributed by atoms with E-state index in [9.17, 15) is 17.6 Å². The van der Waals surface area contributed by atoms with Crippen LogP contribution < -0.4 is 0 Å². The number of nitrogens with zero attached hydrogens (tertiary/aromatic N) is 2. The summed E-state index contributed by atoms with van der Waals surface area (Å²) in [6.45, 7) is 0.0722. The third kappa shape index (κ3) is 4.51. The van der Waals surface area contributed by atoms with Gasteiger partial charge in [-0.2, -0.15) is 0 Å².